The summed E-state index contributed by atoms with van der Waals surface area (Å²) in [5, 5.41) is 11.5. The highest BCUT2D eigenvalue weighted by molar-refractivity contribution is 5.98. The topological polar surface area (TPSA) is 53.0 Å². The van der Waals surface area contributed by atoms with Crippen molar-refractivity contribution in [2.75, 3.05) is 18.0 Å². The minimum Gasteiger partial charge on any atom is -0.368 e. The molecule has 108 valence electrons. The average Bonchev–Trinajstić information content (AvgIpc) is 2.54. The van der Waals surface area contributed by atoms with Crippen LogP contribution in [0.15, 0.2) is 36.4 Å². The Morgan fingerprint density at radius 2 is 1.95 bits per heavy atom. The molecular formula is C18H21N3. The van der Waals surface area contributed by atoms with Crippen molar-refractivity contribution in [3.8, 4) is 6.07 Å². The fraction of sp³-hybridized carbons (Fsp3) is 0.389. The Bertz CT molecular complexity index is 686. The van der Waals surface area contributed by atoms with Crippen LogP contribution < -0.4 is 10.6 Å². The largest absolute Gasteiger partial charge is 0.368 e. The number of rotatable bonds is 2. The van der Waals surface area contributed by atoms with E-state index in [1.165, 1.54) is 23.9 Å². The maximum Gasteiger partial charge on any atom is 0.0998 e. The maximum atomic E-state index is 9.29. The van der Waals surface area contributed by atoms with Gasteiger partial charge in [0.15, 0.2) is 0 Å². The number of anilines is 1. The molecule has 1 aliphatic heterocycles. The normalized spacial score (nSPS) is 22.2. The first kappa shape index (κ1) is 13.9. The fourth-order valence-corrected chi connectivity index (χ4v) is 3.34. The van der Waals surface area contributed by atoms with Crippen molar-refractivity contribution in [1.29, 1.82) is 5.26 Å². The van der Waals surface area contributed by atoms with Gasteiger partial charge in [-0.05, 0) is 44.4 Å². The van der Waals surface area contributed by atoms with Gasteiger partial charge >= 0.3 is 0 Å². The third kappa shape index (κ3) is 2.48. The lowest BCUT2D eigenvalue weighted by atomic mass is 9.92. The molecule has 2 N–H and O–H groups in total. The van der Waals surface area contributed by atoms with Crippen LogP contribution >= 0.6 is 0 Å². The van der Waals surface area contributed by atoms with E-state index in [1.54, 1.807) is 0 Å². The monoisotopic (exact) mass is 279 g/mol. The number of hydrogen-bond donors (Lipinski definition) is 1. The number of benzene rings is 2. The van der Waals surface area contributed by atoms with Gasteiger partial charge in [0.05, 0.1) is 11.6 Å². The molecule has 1 aliphatic rings. The third-order valence-corrected chi connectivity index (χ3v) is 4.64. The summed E-state index contributed by atoms with van der Waals surface area (Å²) in [4.78, 5) is 2.46. The lowest BCUT2D eigenvalue weighted by Gasteiger charge is -2.40. The van der Waals surface area contributed by atoms with E-state index in [0.717, 1.165) is 24.0 Å². The number of nitriles is 1. The predicted molar refractivity (Wildman–Crippen MR) is 87.2 cm³/mol. The van der Waals surface area contributed by atoms with Crippen LogP contribution in [0.4, 0.5) is 5.69 Å². The molecule has 3 nitrogen and oxygen atoms in total. The van der Waals surface area contributed by atoms with E-state index < -0.39 is 0 Å². The van der Waals surface area contributed by atoms with Crippen LogP contribution in [0.25, 0.3) is 10.8 Å². The molecule has 3 rings (SSSR count). The van der Waals surface area contributed by atoms with Gasteiger partial charge in [-0.2, -0.15) is 5.26 Å². The predicted octanol–water partition coefficient (Wildman–Crippen LogP) is 3.28. The van der Waals surface area contributed by atoms with Crippen LogP contribution in [-0.2, 0) is 0 Å². The highest BCUT2D eigenvalue weighted by atomic mass is 15.2. The molecule has 21 heavy (non-hydrogen) atoms. The molecule has 2 aromatic rings. The minimum absolute atomic E-state index is 0.518. The van der Waals surface area contributed by atoms with Gasteiger partial charge in [0, 0.05) is 29.0 Å². The molecule has 0 aromatic heterocycles. The average molecular weight is 279 g/mol. The van der Waals surface area contributed by atoms with Gasteiger partial charge in [-0.15, -0.1) is 0 Å². The van der Waals surface area contributed by atoms with Crippen molar-refractivity contribution in [2.24, 2.45) is 11.7 Å². The third-order valence-electron chi connectivity index (χ3n) is 4.64. The molecule has 0 aliphatic carbocycles. The first-order valence-electron chi connectivity index (χ1n) is 7.63. The second kappa shape index (κ2) is 5.75. The van der Waals surface area contributed by atoms with Gasteiger partial charge in [0.2, 0.25) is 0 Å². The molecule has 2 aromatic carbocycles. The van der Waals surface area contributed by atoms with E-state index in [4.69, 9.17) is 5.73 Å². The Kier molecular flexibility index (Phi) is 3.81. The minimum atomic E-state index is 0.518. The number of nitrogens with two attached hydrogens (primary N) is 1. The first-order chi connectivity index (χ1) is 10.2. The van der Waals surface area contributed by atoms with E-state index in [9.17, 15) is 5.26 Å². The lowest BCUT2D eigenvalue weighted by molar-refractivity contribution is 0.374. The zero-order valence-corrected chi connectivity index (χ0v) is 12.4. The fourth-order valence-electron chi connectivity index (χ4n) is 3.34. The van der Waals surface area contributed by atoms with Crippen molar-refractivity contribution < 1.29 is 0 Å². The van der Waals surface area contributed by atoms with Crippen LogP contribution in [0.2, 0.25) is 0 Å². The Morgan fingerprint density at radius 1 is 1.19 bits per heavy atom. The van der Waals surface area contributed by atoms with Crippen molar-refractivity contribution in [2.45, 2.75) is 25.8 Å². The first-order valence-corrected chi connectivity index (χ1v) is 7.63. The van der Waals surface area contributed by atoms with E-state index in [-0.39, 0.29) is 0 Å². The van der Waals surface area contributed by atoms with Gasteiger partial charge in [0.25, 0.3) is 0 Å². The quantitative estimate of drug-likeness (QED) is 0.918. The summed E-state index contributed by atoms with van der Waals surface area (Å²) < 4.78 is 0. The summed E-state index contributed by atoms with van der Waals surface area (Å²) in [7, 11) is 0. The van der Waals surface area contributed by atoms with Crippen molar-refractivity contribution in [1.82, 2.24) is 0 Å². The van der Waals surface area contributed by atoms with Crippen LogP contribution in [0, 0.1) is 17.2 Å². The van der Waals surface area contributed by atoms with Gasteiger partial charge in [0.1, 0.15) is 0 Å². The number of nitrogens with zero attached hydrogens (tertiary/aromatic N) is 2. The van der Waals surface area contributed by atoms with Gasteiger partial charge in [-0.25, -0.2) is 0 Å². The molecule has 1 fully saturated rings. The molecule has 0 saturated carbocycles. The molecule has 0 amide bonds. The molecule has 2 atom stereocenters. The Morgan fingerprint density at radius 3 is 2.67 bits per heavy atom. The molecule has 1 saturated heterocycles. The van der Waals surface area contributed by atoms with Gasteiger partial charge in [-0.1, -0.05) is 24.3 Å². The van der Waals surface area contributed by atoms with Gasteiger partial charge in [-0.3, -0.25) is 0 Å². The van der Waals surface area contributed by atoms with Crippen molar-refractivity contribution in [3.05, 3.63) is 42.0 Å². The highest BCUT2D eigenvalue weighted by Crippen LogP contribution is 2.34. The van der Waals surface area contributed by atoms with E-state index in [0.29, 0.717) is 12.0 Å². The van der Waals surface area contributed by atoms with Crippen molar-refractivity contribution in [3.63, 3.8) is 0 Å². The molecule has 2 unspecified atom stereocenters. The SMILES string of the molecule is CC1CCC(CN)CN1c1ccc(C#N)c2ccccc12. The van der Waals surface area contributed by atoms with Crippen LogP contribution in [-0.4, -0.2) is 19.1 Å². The Hall–Kier alpha value is -2.05. The summed E-state index contributed by atoms with van der Waals surface area (Å²) in [6.07, 6.45) is 2.39. The zero-order valence-electron chi connectivity index (χ0n) is 12.4. The molecule has 0 bridgehead atoms. The number of fused-ring (bicyclic) bond motifs is 1. The highest BCUT2D eigenvalue weighted by Gasteiger charge is 2.26. The summed E-state index contributed by atoms with van der Waals surface area (Å²) >= 11 is 0. The summed E-state index contributed by atoms with van der Waals surface area (Å²) in [6.45, 7) is 4.03. The Balaban J connectivity index is 2.10. The summed E-state index contributed by atoms with van der Waals surface area (Å²) in [5.74, 6) is 0.565. The maximum absolute atomic E-state index is 9.29. The van der Waals surface area contributed by atoms with E-state index in [1.807, 2.05) is 24.3 Å². The zero-order chi connectivity index (χ0) is 14.8. The molecule has 0 spiro atoms. The van der Waals surface area contributed by atoms with Crippen LogP contribution in [0.3, 0.4) is 0 Å². The van der Waals surface area contributed by atoms with E-state index in [2.05, 4.69) is 30.0 Å². The van der Waals surface area contributed by atoms with E-state index >= 15 is 0 Å². The van der Waals surface area contributed by atoms with Crippen LogP contribution in [0.1, 0.15) is 25.3 Å². The van der Waals surface area contributed by atoms with Crippen molar-refractivity contribution >= 4 is 16.5 Å². The summed E-state index contributed by atoms with van der Waals surface area (Å²) in [6, 6.07) is 15.0. The summed E-state index contributed by atoms with van der Waals surface area (Å²) in [5.41, 5.74) is 7.85. The number of hydrogen-bond acceptors (Lipinski definition) is 3. The standard InChI is InChI=1S/C18H21N3/c1-13-6-7-14(10-19)12-21(13)18-9-8-15(11-20)16-4-2-3-5-17(16)18/h2-5,8-9,13-14H,6-7,10,12,19H2,1H3. The molecule has 1 heterocycles. The second-order valence-corrected chi connectivity index (χ2v) is 5.97. The molecule has 0 radical (unpaired) electrons. The smallest absolute Gasteiger partial charge is 0.0998 e. The van der Waals surface area contributed by atoms with Crippen LogP contribution in [0.5, 0.6) is 0 Å². The number of piperidine rings is 1. The molecule has 3 heteroatoms. The lowest BCUT2D eigenvalue weighted by Crippen LogP contribution is -2.44. The second-order valence-electron chi connectivity index (χ2n) is 5.97. The van der Waals surface area contributed by atoms with Gasteiger partial charge < -0.3 is 10.6 Å². The Labute approximate surface area is 126 Å². The molecular weight excluding hydrogens is 258 g/mol.